The summed E-state index contributed by atoms with van der Waals surface area (Å²) in [5, 5.41) is 10.7. The zero-order valence-corrected chi connectivity index (χ0v) is 17.2. The third-order valence-corrected chi connectivity index (χ3v) is 5.66. The smallest absolute Gasteiger partial charge is 0.233 e. The largest absolute Gasteiger partial charge is 0.358 e. The molecule has 8 heteroatoms. The van der Waals surface area contributed by atoms with Gasteiger partial charge in [0.15, 0.2) is 5.96 Å². The molecule has 1 aliphatic heterocycles. The van der Waals surface area contributed by atoms with Crippen molar-refractivity contribution in [3.05, 3.63) is 15.6 Å². The zero-order valence-electron chi connectivity index (χ0n) is 16.4. The van der Waals surface area contributed by atoms with Crippen molar-refractivity contribution in [2.24, 2.45) is 4.99 Å². The standard InChI is InChI=1S/C18H32N6OS/c1-5-20-18(21-9-6-16-13(2)22-14(3)26-16)23-15-7-10-24(11-8-15)12-17(25)19-4/h15H,5-12H2,1-4H3,(H,19,25)(H2,20,21,23). The molecule has 0 aliphatic carbocycles. The van der Waals surface area contributed by atoms with Crippen molar-refractivity contribution in [1.82, 2.24) is 25.8 Å². The lowest BCUT2D eigenvalue weighted by Gasteiger charge is -2.32. The Morgan fingerprint density at radius 1 is 1.35 bits per heavy atom. The van der Waals surface area contributed by atoms with Gasteiger partial charge < -0.3 is 16.0 Å². The van der Waals surface area contributed by atoms with Crippen LogP contribution in [0.1, 0.15) is 35.3 Å². The number of carbonyl (C=O) groups is 1. The Balaban J connectivity index is 1.80. The number of nitrogens with zero attached hydrogens (tertiary/aromatic N) is 3. The van der Waals surface area contributed by atoms with Crippen molar-refractivity contribution < 1.29 is 4.79 Å². The number of piperidine rings is 1. The summed E-state index contributed by atoms with van der Waals surface area (Å²) in [5.41, 5.74) is 1.13. The van der Waals surface area contributed by atoms with E-state index >= 15 is 0 Å². The van der Waals surface area contributed by atoms with E-state index in [1.165, 1.54) is 4.88 Å². The second-order valence-electron chi connectivity index (χ2n) is 6.62. The lowest BCUT2D eigenvalue weighted by atomic mass is 10.1. The average molecular weight is 381 g/mol. The highest BCUT2D eigenvalue weighted by Gasteiger charge is 2.21. The summed E-state index contributed by atoms with van der Waals surface area (Å²) in [6.07, 6.45) is 2.97. The first-order valence-corrected chi connectivity index (χ1v) is 10.2. The number of thiazole rings is 1. The molecule has 7 nitrogen and oxygen atoms in total. The van der Waals surface area contributed by atoms with Crippen LogP contribution in [0.15, 0.2) is 4.99 Å². The van der Waals surface area contributed by atoms with Crippen LogP contribution in [0.4, 0.5) is 0 Å². The van der Waals surface area contributed by atoms with Crippen molar-refractivity contribution in [3.8, 4) is 0 Å². The quantitative estimate of drug-likeness (QED) is 0.487. The Morgan fingerprint density at radius 2 is 2.08 bits per heavy atom. The number of hydrogen-bond acceptors (Lipinski definition) is 5. The Bertz CT molecular complexity index is 607. The third kappa shape index (κ3) is 6.57. The number of aromatic nitrogens is 1. The molecular formula is C18H32N6OS. The van der Waals surface area contributed by atoms with Crippen molar-refractivity contribution in [3.63, 3.8) is 0 Å². The van der Waals surface area contributed by atoms with Gasteiger partial charge in [-0.15, -0.1) is 11.3 Å². The molecule has 3 N–H and O–H groups in total. The lowest BCUT2D eigenvalue weighted by molar-refractivity contribution is -0.122. The lowest BCUT2D eigenvalue weighted by Crippen LogP contribution is -2.50. The predicted octanol–water partition coefficient (Wildman–Crippen LogP) is 1.07. The average Bonchev–Trinajstić information content (AvgIpc) is 2.94. The molecule has 146 valence electrons. The highest BCUT2D eigenvalue weighted by Crippen LogP contribution is 2.17. The second kappa shape index (κ2) is 10.5. The molecule has 1 amide bonds. The summed E-state index contributed by atoms with van der Waals surface area (Å²) in [6, 6.07) is 0.404. The highest BCUT2D eigenvalue weighted by atomic mass is 32.1. The Morgan fingerprint density at radius 3 is 2.65 bits per heavy atom. The highest BCUT2D eigenvalue weighted by molar-refractivity contribution is 7.11. The first kappa shape index (κ1) is 20.6. The first-order chi connectivity index (χ1) is 12.5. The molecule has 0 radical (unpaired) electrons. The van der Waals surface area contributed by atoms with Gasteiger partial charge >= 0.3 is 0 Å². The number of rotatable bonds is 7. The number of hydrogen-bond donors (Lipinski definition) is 3. The van der Waals surface area contributed by atoms with E-state index in [1.807, 2.05) is 6.92 Å². The van der Waals surface area contributed by atoms with Crippen molar-refractivity contribution in [2.75, 3.05) is 39.8 Å². The molecule has 1 aromatic heterocycles. The van der Waals surface area contributed by atoms with Crippen LogP contribution < -0.4 is 16.0 Å². The first-order valence-electron chi connectivity index (χ1n) is 9.42. The third-order valence-electron chi connectivity index (χ3n) is 4.53. The summed E-state index contributed by atoms with van der Waals surface area (Å²) < 4.78 is 0. The molecule has 0 aromatic carbocycles. The molecule has 0 atom stereocenters. The van der Waals surface area contributed by atoms with Crippen LogP contribution in [-0.2, 0) is 11.2 Å². The van der Waals surface area contributed by atoms with E-state index in [2.05, 4.69) is 39.7 Å². The van der Waals surface area contributed by atoms with Gasteiger partial charge in [0, 0.05) is 50.6 Å². The SMILES string of the molecule is CCNC(=NCCc1sc(C)nc1C)NC1CCN(CC(=O)NC)CC1. The van der Waals surface area contributed by atoms with E-state index in [4.69, 9.17) is 4.99 Å². The maximum absolute atomic E-state index is 11.5. The van der Waals surface area contributed by atoms with Gasteiger partial charge in [-0.2, -0.15) is 0 Å². The molecule has 0 bridgehead atoms. The molecule has 1 aromatic rings. The predicted molar refractivity (Wildman–Crippen MR) is 108 cm³/mol. The molecule has 26 heavy (non-hydrogen) atoms. The van der Waals surface area contributed by atoms with Crippen LogP contribution in [0, 0.1) is 13.8 Å². The van der Waals surface area contributed by atoms with Crippen LogP contribution in [-0.4, -0.2) is 67.6 Å². The Kier molecular flexibility index (Phi) is 8.31. The number of guanidine groups is 1. The monoisotopic (exact) mass is 380 g/mol. The van der Waals surface area contributed by atoms with Crippen molar-refractivity contribution >= 4 is 23.2 Å². The summed E-state index contributed by atoms with van der Waals surface area (Å²) in [6.45, 7) is 10.2. The number of aliphatic imine (C=N–C) groups is 1. The van der Waals surface area contributed by atoms with Gasteiger partial charge in [-0.3, -0.25) is 14.7 Å². The van der Waals surface area contributed by atoms with E-state index in [9.17, 15) is 4.79 Å². The second-order valence-corrected chi connectivity index (χ2v) is 7.91. The van der Waals surface area contributed by atoms with Crippen LogP contribution in [0.25, 0.3) is 0 Å². The zero-order chi connectivity index (χ0) is 18.9. The maximum atomic E-state index is 11.5. The van der Waals surface area contributed by atoms with Crippen molar-refractivity contribution in [1.29, 1.82) is 0 Å². The molecule has 0 unspecified atom stereocenters. The number of amides is 1. The maximum Gasteiger partial charge on any atom is 0.233 e. The number of likely N-dealkylation sites (N-methyl/N-ethyl adjacent to an activating group) is 1. The summed E-state index contributed by atoms with van der Waals surface area (Å²) in [5.74, 6) is 0.969. The molecule has 1 aliphatic rings. The number of carbonyl (C=O) groups excluding carboxylic acids is 1. The summed E-state index contributed by atoms with van der Waals surface area (Å²) >= 11 is 1.76. The van der Waals surface area contributed by atoms with E-state index in [0.717, 1.165) is 62.1 Å². The molecular weight excluding hydrogens is 348 g/mol. The minimum atomic E-state index is 0.0832. The molecule has 0 saturated carbocycles. The molecule has 2 rings (SSSR count). The van der Waals surface area contributed by atoms with Gasteiger partial charge in [-0.1, -0.05) is 0 Å². The molecule has 0 spiro atoms. The van der Waals surface area contributed by atoms with Gasteiger partial charge in [-0.05, 0) is 33.6 Å². The van der Waals surface area contributed by atoms with Gasteiger partial charge in [0.2, 0.25) is 5.91 Å². The summed E-state index contributed by atoms with van der Waals surface area (Å²) in [7, 11) is 1.69. The summed E-state index contributed by atoms with van der Waals surface area (Å²) in [4.78, 5) is 24.2. The van der Waals surface area contributed by atoms with E-state index in [-0.39, 0.29) is 5.91 Å². The van der Waals surface area contributed by atoms with E-state index in [0.29, 0.717) is 12.6 Å². The van der Waals surface area contributed by atoms with E-state index in [1.54, 1.807) is 18.4 Å². The van der Waals surface area contributed by atoms with Crippen LogP contribution in [0.3, 0.4) is 0 Å². The van der Waals surface area contributed by atoms with Crippen LogP contribution in [0.2, 0.25) is 0 Å². The number of nitrogens with one attached hydrogen (secondary N) is 3. The van der Waals surface area contributed by atoms with E-state index < -0.39 is 0 Å². The van der Waals surface area contributed by atoms with Crippen molar-refractivity contribution in [2.45, 2.75) is 46.1 Å². The topological polar surface area (TPSA) is 81.7 Å². The van der Waals surface area contributed by atoms with Crippen LogP contribution >= 0.6 is 11.3 Å². The fourth-order valence-corrected chi connectivity index (χ4v) is 4.03. The van der Waals surface area contributed by atoms with Gasteiger partial charge in [0.1, 0.15) is 0 Å². The van der Waals surface area contributed by atoms with Gasteiger partial charge in [-0.25, -0.2) is 4.98 Å². The number of aryl methyl sites for hydroxylation is 2. The molecule has 1 saturated heterocycles. The van der Waals surface area contributed by atoms with Gasteiger partial charge in [0.25, 0.3) is 0 Å². The fourth-order valence-electron chi connectivity index (χ4n) is 3.11. The number of likely N-dealkylation sites (tertiary alicyclic amines) is 1. The fraction of sp³-hybridized carbons (Fsp3) is 0.722. The van der Waals surface area contributed by atoms with Crippen LogP contribution in [0.5, 0.6) is 0 Å². The molecule has 1 fully saturated rings. The normalized spacial score (nSPS) is 16.5. The van der Waals surface area contributed by atoms with Gasteiger partial charge in [0.05, 0.1) is 17.2 Å². The Labute approximate surface area is 160 Å². The minimum Gasteiger partial charge on any atom is -0.358 e. The Hall–Kier alpha value is -1.67. The minimum absolute atomic E-state index is 0.0832. The molecule has 2 heterocycles.